The Morgan fingerprint density at radius 2 is 2.23 bits per heavy atom. The predicted molar refractivity (Wildman–Crippen MR) is 83.5 cm³/mol. The third-order valence-electron chi connectivity index (χ3n) is 4.09. The summed E-state index contributed by atoms with van der Waals surface area (Å²) in [4.78, 5) is 16.4. The van der Waals surface area contributed by atoms with E-state index in [-0.39, 0.29) is 5.97 Å². The van der Waals surface area contributed by atoms with E-state index in [1.54, 1.807) is 0 Å². The Bertz CT molecular complexity index is 746. The number of rotatable bonds is 5. The maximum absolute atomic E-state index is 11.6. The van der Waals surface area contributed by atoms with Crippen molar-refractivity contribution in [3.8, 4) is 0 Å². The van der Waals surface area contributed by atoms with E-state index in [4.69, 9.17) is 14.5 Å². The number of aryl methyl sites for hydroxylation is 1. The van der Waals surface area contributed by atoms with Gasteiger partial charge in [-0.3, -0.25) is 4.79 Å². The fraction of sp³-hybridized carbons (Fsp3) is 0.444. The third kappa shape index (κ3) is 2.65. The zero-order valence-electron chi connectivity index (χ0n) is 13.1. The minimum atomic E-state index is -0.184. The largest absolute Gasteiger partial charge is 0.495 e. The minimum Gasteiger partial charge on any atom is -0.495 e. The highest BCUT2D eigenvalue weighted by atomic mass is 16.5. The van der Waals surface area contributed by atoms with Gasteiger partial charge in [-0.1, -0.05) is 25.1 Å². The molecule has 0 spiro atoms. The summed E-state index contributed by atoms with van der Waals surface area (Å²) in [6.07, 6.45) is 2.73. The van der Waals surface area contributed by atoms with Gasteiger partial charge in [-0.05, 0) is 24.5 Å². The smallest absolute Gasteiger partial charge is 0.306 e. The van der Waals surface area contributed by atoms with Gasteiger partial charge in [0, 0.05) is 18.1 Å². The number of allylic oxidation sites excluding steroid dienone is 2. The van der Waals surface area contributed by atoms with Crippen molar-refractivity contribution in [3.63, 3.8) is 0 Å². The highest BCUT2D eigenvalue weighted by molar-refractivity contribution is 5.71. The molecule has 4 nitrogen and oxygen atoms in total. The second-order valence-corrected chi connectivity index (χ2v) is 5.43. The summed E-state index contributed by atoms with van der Waals surface area (Å²) in [5.74, 6) is 0.642. The first-order chi connectivity index (χ1) is 10.7. The molecule has 1 aromatic carbocycles. The van der Waals surface area contributed by atoms with Gasteiger partial charge in [0.25, 0.3) is 0 Å². The standard InChI is InChI=1S/C18H21NO3/c1-3-12-6-5-7-13-14-10-11-22-15(18(14)19-17(12)13)8-9-16(20)21-4-2/h5-7H,3-4,8-11H2,1-2H3. The van der Waals surface area contributed by atoms with Gasteiger partial charge in [0.15, 0.2) is 0 Å². The van der Waals surface area contributed by atoms with Crippen LogP contribution in [0.4, 0.5) is 0 Å². The first-order valence-corrected chi connectivity index (χ1v) is 7.96. The first kappa shape index (κ1) is 14.8. The van der Waals surface area contributed by atoms with E-state index in [1.807, 2.05) is 6.92 Å². The van der Waals surface area contributed by atoms with Crippen LogP contribution in [-0.2, 0) is 20.7 Å². The molecule has 2 heterocycles. The van der Waals surface area contributed by atoms with Crippen molar-refractivity contribution in [2.45, 2.75) is 39.5 Å². The van der Waals surface area contributed by atoms with Crippen molar-refractivity contribution in [2.24, 2.45) is 4.99 Å². The lowest BCUT2D eigenvalue weighted by Crippen LogP contribution is -2.27. The van der Waals surface area contributed by atoms with Gasteiger partial charge in [-0.25, -0.2) is 4.99 Å². The van der Waals surface area contributed by atoms with E-state index in [0.29, 0.717) is 26.1 Å². The average molecular weight is 299 g/mol. The number of fused-ring (bicyclic) bond motifs is 2. The molecule has 2 aliphatic rings. The molecule has 4 heteroatoms. The summed E-state index contributed by atoms with van der Waals surface area (Å²) in [5, 5.41) is 2.31. The minimum absolute atomic E-state index is 0.184. The van der Waals surface area contributed by atoms with Crippen LogP contribution in [0.25, 0.3) is 5.57 Å². The van der Waals surface area contributed by atoms with Gasteiger partial charge in [-0.2, -0.15) is 0 Å². The number of carbonyl (C=O) groups is 1. The number of benzene rings is 1. The SMILES string of the molecule is CCOC(=O)CCC1=C2N=c3c(CC)cccc3=C2CCO1. The van der Waals surface area contributed by atoms with Crippen molar-refractivity contribution < 1.29 is 14.3 Å². The topological polar surface area (TPSA) is 47.9 Å². The summed E-state index contributed by atoms with van der Waals surface area (Å²) in [7, 11) is 0. The van der Waals surface area contributed by atoms with Crippen molar-refractivity contribution in [2.75, 3.05) is 13.2 Å². The lowest BCUT2D eigenvalue weighted by atomic mass is 10.0. The average Bonchev–Trinajstić information content (AvgIpc) is 2.92. The molecule has 3 rings (SSSR count). The molecule has 0 atom stereocenters. The summed E-state index contributed by atoms with van der Waals surface area (Å²) < 4.78 is 10.8. The van der Waals surface area contributed by atoms with E-state index >= 15 is 0 Å². The molecule has 0 unspecified atom stereocenters. The maximum atomic E-state index is 11.6. The Hall–Kier alpha value is -2.10. The molecule has 22 heavy (non-hydrogen) atoms. The molecule has 0 amide bonds. The van der Waals surface area contributed by atoms with Crippen LogP contribution in [0.1, 0.15) is 38.7 Å². The fourth-order valence-corrected chi connectivity index (χ4v) is 3.03. The number of hydrogen-bond acceptors (Lipinski definition) is 4. The van der Waals surface area contributed by atoms with Crippen LogP contribution < -0.4 is 10.6 Å². The Kier molecular flexibility index (Phi) is 4.27. The molecule has 116 valence electrons. The molecule has 0 saturated carbocycles. The van der Waals surface area contributed by atoms with Gasteiger partial charge in [-0.15, -0.1) is 0 Å². The number of nitrogens with zero attached hydrogens (tertiary/aromatic N) is 1. The molecule has 2 aliphatic heterocycles. The summed E-state index contributed by atoms with van der Waals surface area (Å²) in [6.45, 7) is 5.03. The van der Waals surface area contributed by atoms with Gasteiger partial charge < -0.3 is 9.47 Å². The first-order valence-electron chi connectivity index (χ1n) is 7.96. The van der Waals surface area contributed by atoms with Gasteiger partial charge >= 0.3 is 5.97 Å². The Labute approximate surface area is 130 Å². The molecule has 0 N–H and O–H groups in total. The summed E-state index contributed by atoms with van der Waals surface area (Å²) >= 11 is 0. The summed E-state index contributed by atoms with van der Waals surface area (Å²) in [6, 6.07) is 6.35. The molecule has 0 saturated heterocycles. The summed E-state index contributed by atoms with van der Waals surface area (Å²) in [5.41, 5.74) is 3.46. The Morgan fingerprint density at radius 3 is 3.00 bits per heavy atom. The number of ether oxygens (including phenoxy) is 2. The molecule has 1 aromatic rings. The van der Waals surface area contributed by atoms with E-state index in [2.05, 4.69) is 25.1 Å². The van der Waals surface area contributed by atoms with Crippen molar-refractivity contribution in [1.29, 1.82) is 0 Å². The van der Waals surface area contributed by atoms with Crippen LogP contribution in [0.2, 0.25) is 0 Å². The van der Waals surface area contributed by atoms with E-state index in [0.717, 1.165) is 29.7 Å². The van der Waals surface area contributed by atoms with Gasteiger partial charge in [0.05, 0.1) is 25.0 Å². The zero-order valence-corrected chi connectivity index (χ0v) is 13.1. The van der Waals surface area contributed by atoms with Crippen LogP contribution in [0.5, 0.6) is 0 Å². The maximum Gasteiger partial charge on any atom is 0.306 e. The number of hydrogen-bond donors (Lipinski definition) is 0. The number of para-hydroxylation sites is 1. The lowest BCUT2D eigenvalue weighted by Gasteiger charge is -2.19. The fourth-order valence-electron chi connectivity index (χ4n) is 3.03. The Morgan fingerprint density at radius 1 is 1.36 bits per heavy atom. The second kappa shape index (κ2) is 6.34. The molecule has 0 fully saturated rings. The normalized spacial score (nSPS) is 15.8. The molecule has 0 aromatic heterocycles. The Balaban J connectivity index is 1.96. The highest BCUT2D eigenvalue weighted by Crippen LogP contribution is 2.30. The van der Waals surface area contributed by atoms with Gasteiger partial charge in [0.1, 0.15) is 11.5 Å². The quantitative estimate of drug-likeness (QED) is 0.781. The zero-order chi connectivity index (χ0) is 15.5. The van der Waals surface area contributed by atoms with Crippen molar-refractivity contribution in [1.82, 2.24) is 0 Å². The van der Waals surface area contributed by atoms with Crippen LogP contribution >= 0.6 is 0 Å². The molecule has 0 bridgehead atoms. The molecular weight excluding hydrogens is 278 g/mol. The third-order valence-corrected chi connectivity index (χ3v) is 4.09. The van der Waals surface area contributed by atoms with E-state index in [1.165, 1.54) is 16.4 Å². The van der Waals surface area contributed by atoms with Gasteiger partial charge in [0.2, 0.25) is 0 Å². The number of esters is 1. The van der Waals surface area contributed by atoms with Crippen LogP contribution in [0.3, 0.4) is 0 Å². The number of carbonyl (C=O) groups excluding carboxylic acids is 1. The predicted octanol–water partition coefficient (Wildman–Crippen LogP) is 2.01. The highest BCUT2D eigenvalue weighted by Gasteiger charge is 2.24. The molecular formula is C18H21NO3. The van der Waals surface area contributed by atoms with Crippen molar-refractivity contribution in [3.05, 3.63) is 45.8 Å². The lowest BCUT2D eigenvalue weighted by molar-refractivity contribution is -0.143. The molecule has 0 radical (unpaired) electrons. The van der Waals surface area contributed by atoms with Crippen LogP contribution in [0, 0.1) is 0 Å². The monoisotopic (exact) mass is 299 g/mol. The molecule has 0 aliphatic carbocycles. The van der Waals surface area contributed by atoms with E-state index < -0.39 is 0 Å². The van der Waals surface area contributed by atoms with E-state index in [9.17, 15) is 4.79 Å². The van der Waals surface area contributed by atoms with Crippen LogP contribution in [0.15, 0.2) is 34.6 Å². The van der Waals surface area contributed by atoms with Crippen LogP contribution in [-0.4, -0.2) is 19.2 Å². The second-order valence-electron chi connectivity index (χ2n) is 5.43. The van der Waals surface area contributed by atoms with Crippen molar-refractivity contribution >= 4 is 11.5 Å².